The van der Waals surface area contributed by atoms with Crippen molar-refractivity contribution in [2.24, 2.45) is 0 Å². The van der Waals surface area contributed by atoms with E-state index < -0.39 is 0 Å². The number of hydrogen-bond acceptors (Lipinski definition) is 3. The van der Waals surface area contributed by atoms with Gasteiger partial charge in [-0.05, 0) is 37.0 Å². The summed E-state index contributed by atoms with van der Waals surface area (Å²) in [5.74, 6) is 0.224. The van der Waals surface area contributed by atoms with Gasteiger partial charge in [-0.15, -0.1) is 0 Å². The molecule has 1 aliphatic heterocycles. The Morgan fingerprint density at radius 1 is 1.23 bits per heavy atom. The van der Waals surface area contributed by atoms with Crippen molar-refractivity contribution in [2.45, 2.75) is 31.7 Å². The lowest BCUT2D eigenvalue weighted by Gasteiger charge is -2.33. The molecular formula is C20H23N5O. The van der Waals surface area contributed by atoms with Crippen molar-refractivity contribution in [2.75, 3.05) is 13.1 Å². The molecular weight excluding hydrogens is 326 g/mol. The molecule has 134 valence electrons. The Labute approximate surface area is 153 Å². The number of hydrogen-bond donors (Lipinski definition) is 0. The first-order valence-electron chi connectivity index (χ1n) is 9.14. The van der Waals surface area contributed by atoms with Crippen LogP contribution in [-0.4, -0.2) is 43.2 Å². The van der Waals surface area contributed by atoms with E-state index in [1.807, 2.05) is 64.8 Å². The van der Waals surface area contributed by atoms with Crippen molar-refractivity contribution >= 4 is 5.91 Å². The smallest absolute Gasteiger partial charge is 0.222 e. The van der Waals surface area contributed by atoms with E-state index in [1.165, 1.54) is 0 Å². The second kappa shape index (κ2) is 7.56. The Hall–Kier alpha value is -2.89. The van der Waals surface area contributed by atoms with E-state index in [4.69, 9.17) is 0 Å². The zero-order valence-electron chi connectivity index (χ0n) is 14.7. The van der Waals surface area contributed by atoms with Crippen molar-refractivity contribution in [1.82, 2.24) is 24.2 Å². The summed E-state index contributed by atoms with van der Waals surface area (Å²) in [5.41, 5.74) is 2.12. The molecule has 1 saturated heterocycles. The Bertz CT molecular complexity index is 840. The molecule has 0 radical (unpaired) electrons. The van der Waals surface area contributed by atoms with Crippen LogP contribution in [0, 0.1) is 0 Å². The highest BCUT2D eigenvalue weighted by Crippen LogP contribution is 2.22. The molecule has 0 bridgehead atoms. The standard InChI is InChI=1S/C20H23N5O/c26-20(23-11-4-7-19(15-23)24-12-10-21-16-24)9-8-17-13-22-25(14-17)18-5-2-1-3-6-18/h1-3,5-6,10,12-14,16,19H,4,7-9,11,15H2/t19-/m0/s1. The van der Waals surface area contributed by atoms with E-state index in [2.05, 4.69) is 14.6 Å². The number of rotatable bonds is 5. The third kappa shape index (κ3) is 3.69. The highest BCUT2D eigenvalue weighted by molar-refractivity contribution is 5.76. The maximum absolute atomic E-state index is 12.6. The average Bonchev–Trinajstić information content (AvgIpc) is 3.39. The van der Waals surface area contributed by atoms with E-state index in [0.717, 1.165) is 43.6 Å². The van der Waals surface area contributed by atoms with Gasteiger partial charge < -0.3 is 9.47 Å². The Balaban J connectivity index is 1.33. The zero-order chi connectivity index (χ0) is 17.8. The Morgan fingerprint density at radius 2 is 2.12 bits per heavy atom. The molecule has 1 fully saturated rings. The van der Waals surface area contributed by atoms with Gasteiger partial charge >= 0.3 is 0 Å². The van der Waals surface area contributed by atoms with Gasteiger partial charge in [0.1, 0.15) is 0 Å². The van der Waals surface area contributed by atoms with Gasteiger partial charge in [-0.2, -0.15) is 5.10 Å². The number of carbonyl (C=O) groups is 1. The van der Waals surface area contributed by atoms with Gasteiger partial charge in [0.05, 0.1) is 24.3 Å². The first kappa shape index (κ1) is 16.6. The van der Waals surface area contributed by atoms with Gasteiger partial charge in [-0.25, -0.2) is 9.67 Å². The van der Waals surface area contributed by atoms with Crippen molar-refractivity contribution in [3.8, 4) is 5.69 Å². The molecule has 0 N–H and O–H groups in total. The Kier molecular flexibility index (Phi) is 4.82. The summed E-state index contributed by atoms with van der Waals surface area (Å²) in [6.07, 6.45) is 12.9. The third-order valence-electron chi connectivity index (χ3n) is 4.98. The van der Waals surface area contributed by atoms with Gasteiger partial charge in [0.25, 0.3) is 0 Å². The minimum absolute atomic E-state index is 0.224. The highest BCUT2D eigenvalue weighted by atomic mass is 16.2. The molecule has 1 aromatic carbocycles. The average molecular weight is 349 g/mol. The summed E-state index contributed by atoms with van der Waals surface area (Å²) in [4.78, 5) is 18.8. The number of para-hydroxylation sites is 1. The summed E-state index contributed by atoms with van der Waals surface area (Å²) in [6, 6.07) is 10.4. The fourth-order valence-electron chi connectivity index (χ4n) is 3.53. The number of imidazole rings is 1. The monoisotopic (exact) mass is 349 g/mol. The quantitative estimate of drug-likeness (QED) is 0.712. The maximum Gasteiger partial charge on any atom is 0.222 e. The van der Waals surface area contributed by atoms with Crippen LogP contribution in [0.25, 0.3) is 5.69 Å². The van der Waals surface area contributed by atoms with E-state index in [9.17, 15) is 4.79 Å². The predicted molar refractivity (Wildman–Crippen MR) is 99.0 cm³/mol. The summed E-state index contributed by atoms with van der Waals surface area (Å²) in [5, 5.41) is 4.40. The van der Waals surface area contributed by atoms with Crippen LogP contribution in [0.2, 0.25) is 0 Å². The van der Waals surface area contributed by atoms with Crippen molar-refractivity contribution < 1.29 is 4.79 Å². The van der Waals surface area contributed by atoms with E-state index >= 15 is 0 Å². The van der Waals surface area contributed by atoms with E-state index in [-0.39, 0.29) is 5.91 Å². The number of nitrogens with zero attached hydrogens (tertiary/aromatic N) is 5. The van der Waals surface area contributed by atoms with Crippen molar-refractivity contribution in [3.05, 3.63) is 67.0 Å². The normalized spacial score (nSPS) is 17.4. The van der Waals surface area contributed by atoms with Crippen LogP contribution in [0.1, 0.15) is 30.9 Å². The number of benzene rings is 1. The van der Waals surface area contributed by atoms with Crippen LogP contribution in [0.5, 0.6) is 0 Å². The SMILES string of the molecule is O=C(CCc1cnn(-c2ccccc2)c1)N1CCC[C@H](n2ccnc2)C1. The van der Waals surface area contributed by atoms with Gasteiger partial charge in [0.2, 0.25) is 5.91 Å². The minimum Gasteiger partial charge on any atom is -0.341 e. The number of aromatic nitrogens is 4. The molecule has 6 nitrogen and oxygen atoms in total. The van der Waals surface area contributed by atoms with Gasteiger partial charge in [0.15, 0.2) is 0 Å². The lowest BCUT2D eigenvalue weighted by Crippen LogP contribution is -2.40. The van der Waals surface area contributed by atoms with Gasteiger partial charge in [-0.3, -0.25) is 4.79 Å². The molecule has 0 saturated carbocycles. The molecule has 0 aliphatic carbocycles. The molecule has 3 aromatic rings. The lowest BCUT2D eigenvalue weighted by molar-refractivity contribution is -0.132. The molecule has 0 spiro atoms. The largest absolute Gasteiger partial charge is 0.341 e. The second-order valence-corrected chi connectivity index (χ2v) is 6.77. The number of carbonyl (C=O) groups excluding carboxylic acids is 1. The highest BCUT2D eigenvalue weighted by Gasteiger charge is 2.24. The van der Waals surface area contributed by atoms with Gasteiger partial charge in [0, 0.05) is 38.1 Å². The number of amides is 1. The third-order valence-corrected chi connectivity index (χ3v) is 4.98. The molecule has 4 rings (SSSR count). The first-order chi connectivity index (χ1) is 12.8. The Morgan fingerprint density at radius 3 is 2.92 bits per heavy atom. The fraction of sp³-hybridized carbons (Fsp3) is 0.350. The van der Waals surface area contributed by atoms with Crippen molar-refractivity contribution in [1.29, 1.82) is 0 Å². The summed E-state index contributed by atoms with van der Waals surface area (Å²) in [6.45, 7) is 1.63. The molecule has 3 heterocycles. The minimum atomic E-state index is 0.224. The summed E-state index contributed by atoms with van der Waals surface area (Å²) < 4.78 is 3.97. The van der Waals surface area contributed by atoms with Crippen LogP contribution in [-0.2, 0) is 11.2 Å². The van der Waals surface area contributed by atoms with Crippen LogP contribution < -0.4 is 0 Å². The molecule has 26 heavy (non-hydrogen) atoms. The topological polar surface area (TPSA) is 56.0 Å². The number of likely N-dealkylation sites (tertiary alicyclic amines) is 1. The summed E-state index contributed by atoms with van der Waals surface area (Å²) in [7, 11) is 0. The van der Waals surface area contributed by atoms with Crippen LogP contribution in [0.15, 0.2) is 61.4 Å². The van der Waals surface area contributed by atoms with Gasteiger partial charge in [-0.1, -0.05) is 18.2 Å². The molecule has 1 aliphatic rings. The van der Waals surface area contributed by atoms with E-state index in [1.54, 1.807) is 6.20 Å². The van der Waals surface area contributed by atoms with Crippen molar-refractivity contribution in [3.63, 3.8) is 0 Å². The lowest BCUT2D eigenvalue weighted by atomic mass is 10.0. The zero-order valence-corrected chi connectivity index (χ0v) is 14.7. The number of piperidine rings is 1. The molecule has 6 heteroatoms. The summed E-state index contributed by atoms with van der Waals surface area (Å²) >= 11 is 0. The maximum atomic E-state index is 12.6. The molecule has 1 amide bonds. The number of aryl methyl sites for hydroxylation is 1. The van der Waals surface area contributed by atoms with E-state index in [0.29, 0.717) is 12.5 Å². The first-order valence-corrected chi connectivity index (χ1v) is 9.14. The van der Waals surface area contributed by atoms with Crippen LogP contribution >= 0.6 is 0 Å². The van der Waals surface area contributed by atoms with Crippen LogP contribution in [0.4, 0.5) is 0 Å². The molecule has 1 atom stereocenters. The fourth-order valence-corrected chi connectivity index (χ4v) is 3.53. The molecule has 2 aromatic heterocycles. The predicted octanol–water partition coefficient (Wildman–Crippen LogP) is 2.87. The second-order valence-electron chi connectivity index (χ2n) is 6.77. The molecule has 0 unspecified atom stereocenters. The van der Waals surface area contributed by atoms with Crippen LogP contribution in [0.3, 0.4) is 0 Å².